The molecule has 6 heteroatoms. The predicted molar refractivity (Wildman–Crippen MR) is 83.9 cm³/mol. The third-order valence-electron chi connectivity index (χ3n) is 2.99. The summed E-state index contributed by atoms with van der Waals surface area (Å²) in [6.07, 6.45) is 0.933. The Hall–Kier alpha value is -2.37. The average molecular weight is 305 g/mol. The van der Waals surface area contributed by atoms with E-state index in [9.17, 15) is 14.4 Å². The third kappa shape index (κ3) is 6.88. The van der Waals surface area contributed by atoms with Crippen molar-refractivity contribution in [3.05, 3.63) is 35.9 Å². The molecule has 0 aliphatic rings. The van der Waals surface area contributed by atoms with Gasteiger partial charge >= 0.3 is 0 Å². The molecule has 0 fully saturated rings. The van der Waals surface area contributed by atoms with Crippen molar-refractivity contribution in [2.45, 2.75) is 32.7 Å². The normalized spacial score (nSPS) is 11.4. The van der Waals surface area contributed by atoms with Crippen LogP contribution >= 0.6 is 0 Å². The second-order valence-electron chi connectivity index (χ2n) is 4.99. The highest BCUT2D eigenvalue weighted by atomic mass is 16.2. The fourth-order valence-corrected chi connectivity index (χ4v) is 1.95. The molecule has 1 atom stereocenters. The summed E-state index contributed by atoms with van der Waals surface area (Å²) in [4.78, 5) is 34.7. The summed E-state index contributed by atoms with van der Waals surface area (Å²) < 4.78 is 0. The van der Waals surface area contributed by atoms with Gasteiger partial charge in [0.1, 0.15) is 0 Å². The molecular weight excluding hydrogens is 282 g/mol. The summed E-state index contributed by atoms with van der Waals surface area (Å²) in [5.74, 6) is -0.706. The van der Waals surface area contributed by atoms with Crippen LogP contribution in [-0.2, 0) is 14.4 Å². The van der Waals surface area contributed by atoms with Gasteiger partial charge < -0.3 is 16.0 Å². The number of benzene rings is 1. The van der Waals surface area contributed by atoms with Crippen molar-refractivity contribution in [3.63, 3.8) is 0 Å². The molecular formula is C16H23N3O3. The highest BCUT2D eigenvalue weighted by Crippen LogP contribution is 2.16. The molecule has 1 unspecified atom stereocenters. The lowest BCUT2D eigenvalue weighted by atomic mass is 10.0. The zero-order valence-electron chi connectivity index (χ0n) is 13.0. The SMILES string of the molecule is CCCNC(=O)CNC(=O)CC(NC(C)=O)c1ccccc1. The van der Waals surface area contributed by atoms with E-state index in [-0.39, 0.29) is 30.7 Å². The van der Waals surface area contributed by atoms with Crippen molar-refractivity contribution < 1.29 is 14.4 Å². The van der Waals surface area contributed by atoms with Gasteiger partial charge in [-0.05, 0) is 12.0 Å². The zero-order chi connectivity index (χ0) is 16.4. The molecule has 0 aromatic heterocycles. The van der Waals surface area contributed by atoms with Crippen LogP contribution in [0.1, 0.15) is 38.3 Å². The first-order valence-corrected chi connectivity index (χ1v) is 7.38. The van der Waals surface area contributed by atoms with Gasteiger partial charge in [0, 0.05) is 13.5 Å². The molecule has 0 saturated carbocycles. The van der Waals surface area contributed by atoms with Crippen LogP contribution in [0, 0.1) is 0 Å². The molecule has 22 heavy (non-hydrogen) atoms. The number of nitrogens with one attached hydrogen (secondary N) is 3. The molecule has 0 bridgehead atoms. The Morgan fingerprint density at radius 1 is 1.05 bits per heavy atom. The highest BCUT2D eigenvalue weighted by Gasteiger charge is 2.17. The lowest BCUT2D eigenvalue weighted by Gasteiger charge is -2.18. The van der Waals surface area contributed by atoms with Crippen LogP contribution in [-0.4, -0.2) is 30.8 Å². The van der Waals surface area contributed by atoms with Gasteiger partial charge in [0.25, 0.3) is 0 Å². The second-order valence-corrected chi connectivity index (χ2v) is 4.99. The van der Waals surface area contributed by atoms with Crippen LogP contribution in [0.2, 0.25) is 0 Å². The van der Waals surface area contributed by atoms with E-state index >= 15 is 0 Å². The zero-order valence-corrected chi connectivity index (χ0v) is 13.0. The van der Waals surface area contributed by atoms with Gasteiger partial charge in [-0.25, -0.2) is 0 Å². The van der Waals surface area contributed by atoms with Gasteiger partial charge in [0.2, 0.25) is 17.7 Å². The minimum absolute atomic E-state index is 0.0551. The van der Waals surface area contributed by atoms with E-state index in [4.69, 9.17) is 0 Å². The monoisotopic (exact) mass is 305 g/mol. The van der Waals surface area contributed by atoms with Gasteiger partial charge in [-0.1, -0.05) is 37.3 Å². The summed E-state index contributed by atoms with van der Waals surface area (Å²) in [6.45, 7) is 3.90. The Morgan fingerprint density at radius 2 is 1.73 bits per heavy atom. The number of carbonyl (C=O) groups is 3. The second kappa shape index (κ2) is 9.55. The van der Waals surface area contributed by atoms with E-state index in [0.717, 1.165) is 12.0 Å². The maximum Gasteiger partial charge on any atom is 0.239 e. The molecule has 0 aliphatic carbocycles. The topological polar surface area (TPSA) is 87.3 Å². The van der Waals surface area contributed by atoms with Crippen LogP contribution in [0.5, 0.6) is 0 Å². The van der Waals surface area contributed by atoms with Crippen LogP contribution in [0.4, 0.5) is 0 Å². The summed E-state index contributed by atoms with van der Waals surface area (Å²) in [7, 11) is 0. The van der Waals surface area contributed by atoms with Crippen molar-refractivity contribution in [2.75, 3.05) is 13.1 Å². The number of amides is 3. The fourth-order valence-electron chi connectivity index (χ4n) is 1.95. The minimum Gasteiger partial charge on any atom is -0.355 e. The molecule has 1 rings (SSSR count). The first-order chi connectivity index (χ1) is 10.5. The van der Waals surface area contributed by atoms with Crippen molar-refractivity contribution in [1.82, 2.24) is 16.0 Å². The fraction of sp³-hybridized carbons (Fsp3) is 0.438. The Morgan fingerprint density at radius 3 is 2.32 bits per heavy atom. The number of hydrogen-bond donors (Lipinski definition) is 3. The smallest absolute Gasteiger partial charge is 0.239 e. The molecule has 0 saturated heterocycles. The Bertz CT molecular complexity index is 503. The van der Waals surface area contributed by atoms with Crippen molar-refractivity contribution in [3.8, 4) is 0 Å². The maximum absolute atomic E-state index is 11.9. The summed E-state index contributed by atoms with van der Waals surface area (Å²) in [5, 5.41) is 7.99. The van der Waals surface area contributed by atoms with E-state index in [1.54, 1.807) is 0 Å². The van der Waals surface area contributed by atoms with Crippen molar-refractivity contribution in [1.29, 1.82) is 0 Å². The largest absolute Gasteiger partial charge is 0.355 e. The average Bonchev–Trinajstić information content (AvgIpc) is 2.50. The van der Waals surface area contributed by atoms with Gasteiger partial charge in [-0.15, -0.1) is 0 Å². The highest BCUT2D eigenvalue weighted by molar-refractivity contribution is 5.85. The third-order valence-corrected chi connectivity index (χ3v) is 2.99. The predicted octanol–water partition coefficient (Wildman–Crippen LogP) is 0.896. The Balaban J connectivity index is 2.53. The molecule has 0 aliphatic heterocycles. The van der Waals surface area contributed by atoms with Crippen LogP contribution in [0.15, 0.2) is 30.3 Å². The van der Waals surface area contributed by atoms with E-state index in [2.05, 4.69) is 16.0 Å². The molecule has 3 N–H and O–H groups in total. The number of hydrogen-bond acceptors (Lipinski definition) is 3. The molecule has 0 radical (unpaired) electrons. The summed E-state index contributed by atoms with van der Waals surface area (Å²) >= 11 is 0. The quantitative estimate of drug-likeness (QED) is 0.667. The molecule has 6 nitrogen and oxygen atoms in total. The van der Waals surface area contributed by atoms with E-state index in [1.807, 2.05) is 37.3 Å². The van der Waals surface area contributed by atoms with Gasteiger partial charge in [-0.2, -0.15) is 0 Å². The number of carbonyl (C=O) groups excluding carboxylic acids is 3. The van der Waals surface area contributed by atoms with Crippen LogP contribution < -0.4 is 16.0 Å². The first kappa shape index (κ1) is 17.7. The summed E-state index contributed by atoms with van der Waals surface area (Å²) in [6, 6.07) is 8.86. The van der Waals surface area contributed by atoms with Crippen molar-refractivity contribution in [2.24, 2.45) is 0 Å². The first-order valence-electron chi connectivity index (χ1n) is 7.38. The molecule has 1 aromatic rings. The van der Waals surface area contributed by atoms with Crippen LogP contribution in [0.3, 0.4) is 0 Å². The minimum atomic E-state index is -0.405. The maximum atomic E-state index is 11.9. The van der Waals surface area contributed by atoms with E-state index < -0.39 is 6.04 Å². The lowest BCUT2D eigenvalue weighted by molar-refractivity contribution is -0.127. The van der Waals surface area contributed by atoms with Crippen LogP contribution in [0.25, 0.3) is 0 Å². The summed E-state index contributed by atoms with van der Waals surface area (Å²) in [5.41, 5.74) is 0.850. The molecule has 0 heterocycles. The van der Waals surface area contributed by atoms with Gasteiger partial charge in [0.15, 0.2) is 0 Å². The standard InChI is InChI=1S/C16H23N3O3/c1-3-9-17-16(22)11-18-15(21)10-14(19-12(2)20)13-7-5-4-6-8-13/h4-8,14H,3,9-11H2,1-2H3,(H,17,22)(H,18,21)(H,19,20). The number of rotatable bonds is 8. The molecule has 1 aromatic carbocycles. The van der Waals surface area contributed by atoms with Gasteiger partial charge in [0.05, 0.1) is 19.0 Å². The van der Waals surface area contributed by atoms with Gasteiger partial charge in [-0.3, -0.25) is 14.4 Å². The molecule has 0 spiro atoms. The van der Waals surface area contributed by atoms with E-state index in [0.29, 0.717) is 6.54 Å². The van der Waals surface area contributed by atoms with Crippen molar-refractivity contribution >= 4 is 17.7 Å². The molecule has 3 amide bonds. The Labute approximate surface area is 130 Å². The van der Waals surface area contributed by atoms with E-state index in [1.165, 1.54) is 6.92 Å². The molecule has 120 valence electrons. The lowest BCUT2D eigenvalue weighted by Crippen LogP contribution is -2.39. The Kier molecular flexibility index (Phi) is 7.67.